The van der Waals surface area contributed by atoms with Crippen molar-refractivity contribution in [2.75, 3.05) is 0 Å². The highest BCUT2D eigenvalue weighted by Crippen LogP contribution is 2.41. The number of thiophene rings is 1. The smallest absolute Gasteiger partial charge is 0.351 e. The van der Waals surface area contributed by atoms with E-state index in [4.69, 9.17) is 4.84 Å². The lowest BCUT2D eigenvalue weighted by Crippen LogP contribution is -2.29. The summed E-state index contributed by atoms with van der Waals surface area (Å²) in [4.78, 5) is 21.9. The van der Waals surface area contributed by atoms with Crippen molar-refractivity contribution in [3.63, 3.8) is 0 Å². The van der Waals surface area contributed by atoms with Gasteiger partial charge in [0.1, 0.15) is 0 Å². The predicted molar refractivity (Wildman–Crippen MR) is 102 cm³/mol. The van der Waals surface area contributed by atoms with Gasteiger partial charge in [-0.2, -0.15) is 0 Å². The molecular formula is C19H23NO4S2. The molecule has 3 rings (SSSR count). The SMILES string of the molecule is CCc1sc2c(c1C(=O)ONS(=O)(=O)c1ccccc1)CC(C)(C)CC2. The van der Waals surface area contributed by atoms with E-state index in [-0.39, 0.29) is 10.3 Å². The van der Waals surface area contributed by atoms with Gasteiger partial charge in [-0.25, -0.2) is 13.2 Å². The Balaban J connectivity index is 1.84. The van der Waals surface area contributed by atoms with Crippen LogP contribution >= 0.6 is 11.3 Å². The zero-order chi connectivity index (χ0) is 18.9. The Kier molecular flexibility index (Phi) is 5.23. The van der Waals surface area contributed by atoms with E-state index < -0.39 is 16.0 Å². The summed E-state index contributed by atoms with van der Waals surface area (Å²) in [7, 11) is -3.90. The Bertz CT molecular complexity index is 915. The van der Waals surface area contributed by atoms with Gasteiger partial charge in [0, 0.05) is 9.75 Å². The number of sulfonamides is 1. The van der Waals surface area contributed by atoms with E-state index in [1.807, 2.05) is 11.8 Å². The van der Waals surface area contributed by atoms with Crippen molar-refractivity contribution in [3.05, 3.63) is 51.2 Å². The average molecular weight is 394 g/mol. The molecule has 0 saturated heterocycles. The highest BCUT2D eigenvalue weighted by atomic mass is 32.2. The molecule has 1 aliphatic carbocycles. The Labute approximate surface area is 158 Å². The number of benzene rings is 1. The lowest BCUT2D eigenvalue weighted by molar-refractivity contribution is 0.0404. The van der Waals surface area contributed by atoms with Crippen molar-refractivity contribution in [1.29, 1.82) is 0 Å². The highest BCUT2D eigenvalue weighted by Gasteiger charge is 2.33. The molecule has 0 unspecified atom stereocenters. The Hall–Kier alpha value is -1.70. The molecule has 2 aromatic rings. The lowest BCUT2D eigenvalue weighted by Gasteiger charge is -2.29. The summed E-state index contributed by atoms with van der Waals surface area (Å²) in [6.07, 6.45) is 3.55. The second-order valence-corrected chi connectivity index (χ2v) is 10.1. The van der Waals surface area contributed by atoms with Gasteiger partial charge in [0.05, 0.1) is 10.5 Å². The molecule has 5 nitrogen and oxygen atoms in total. The van der Waals surface area contributed by atoms with E-state index in [1.54, 1.807) is 29.5 Å². The third-order valence-electron chi connectivity index (χ3n) is 4.67. The minimum Gasteiger partial charge on any atom is -0.351 e. The van der Waals surface area contributed by atoms with Crippen LogP contribution in [0.15, 0.2) is 35.2 Å². The maximum Gasteiger partial charge on any atom is 0.359 e. The maximum absolute atomic E-state index is 12.7. The van der Waals surface area contributed by atoms with Crippen LogP contribution in [-0.4, -0.2) is 14.4 Å². The number of carbonyl (C=O) groups is 1. The average Bonchev–Trinajstić information content (AvgIpc) is 2.97. The summed E-state index contributed by atoms with van der Waals surface area (Å²) in [5, 5.41) is 0. The number of aryl methyl sites for hydroxylation is 2. The van der Waals surface area contributed by atoms with Gasteiger partial charge in [0.25, 0.3) is 10.0 Å². The van der Waals surface area contributed by atoms with Gasteiger partial charge < -0.3 is 4.84 Å². The first kappa shape index (κ1) is 19.1. The lowest BCUT2D eigenvalue weighted by atomic mass is 9.76. The Morgan fingerprint density at radius 1 is 1.27 bits per heavy atom. The molecule has 0 fully saturated rings. The summed E-state index contributed by atoms with van der Waals surface area (Å²) >= 11 is 1.64. The third kappa shape index (κ3) is 3.84. The third-order valence-corrected chi connectivity index (χ3v) is 7.30. The summed E-state index contributed by atoms with van der Waals surface area (Å²) in [5.74, 6) is -0.628. The van der Waals surface area contributed by atoms with Crippen molar-refractivity contribution < 1.29 is 18.0 Å². The Morgan fingerprint density at radius 2 is 1.96 bits per heavy atom. The van der Waals surface area contributed by atoms with Crippen LogP contribution in [0.3, 0.4) is 0 Å². The fourth-order valence-corrected chi connectivity index (χ4v) is 5.30. The summed E-state index contributed by atoms with van der Waals surface area (Å²) in [5.41, 5.74) is 1.68. The number of fused-ring (bicyclic) bond motifs is 1. The zero-order valence-corrected chi connectivity index (χ0v) is 16.8. The van der Waals surface area contributed by atoms with Crippen LogP contribution in [0.4, 0.5) is 0 Å². The first-order chi connectivity index (χ1) is 12.2. The van der Waals surface area contributed by atoms with E-state index in [2.05, 4.69) is 13.8 Å². The quantitative estimate of drug-likeness (QED) is 0.783. The molecule has 26 heavy (non-hydrogen) atoms. The van der Waals surface area contributed by atoms with Crippen molar-refractivity contribution in [2.45, 2.75) is 51.3 Å². The molecule has 1 aromatic heterocycles. The molecule has 0 saturated carbocycles. The number of nitrogens with one attached hydrogen (secondary N) is 1. The van der Waals surface area contributed by atoms with Crippen molar-refractivity contribution in [1.82, 2.24) is 4.89 Å². The fraction of sp³-hybridized carbons (Fsp3) is 0.421. The largest absolute Gasteiger partial charge is 0.359 e. The van der Waals surface area contributed by atoms with Crippen molar-refractivity contribution >= 4 is 27.3 Å². The van der Waals surface area contributed by atoms with Crippen LogP contribution in [0.5, 0.6) is 0 Å². The van der Waals surface area contributed by atoms with E-state index in [1.165, 1.54) is 17.0 Å². The maximum atomic E-state index is 12.7. The second kappa shape index (κ2) is 7.13. The molecule has 1 heterocycles. The minimum absolute atomic E-state index is 0.0528. The van der Waals surface area contributed by atoms with Crippen LogP contribution in [0, 0.1) is 5.41 Å². The van der Waals surface area contributed by atoms with Gasteiger partial charge in [-0.05, 0) is 53.7 Å². The molecule has 1 aromatic carbocycles. The van der Waals surface area contributed by atoms with E-state index >= 15 is 0 Å². The number of hydrogen-bond acceptors (Lipinski definition) is 5. The molecule has 0 spiro atoms. The number of rotatable bonds is 5. The minimum atomic E-state index is -3.90. The van der Waals surface area contributed by atoms with Crippen LogP contribution < -0.4 is 4.89 Å². The number of carbonyl (C=O) groups excluding carboxylic acids is 1. The fourth-order valence-electron chi connectivity index (χ4n) is 3.25. The van der Waals surface area contributed by atoms with E-state index in [9.17, 15) is 13.2 Å². The molecule has 0 bridgehead atoms. The summed E-state index contributed by atoms with van der Waals surface area (Å²) in [6, 6.07) is 7.84. The van der Waals surface area contributed by atoms with Crippen LogP contribution in [0.2, 0.25) is 0 Å². The molecule has 0 aliphatic heterocycles. The molecule has 140 valence electrons. The topological polar surface area (TPSA) is 72.5 Å². The second-order valence-electron chi connectivity index (χ2n) is 7.29. The van der Waals surface area contributed by atoms with Gasteiger partial charge in [0.15, 0.2) is 0 Å². The normalized spacial score (nSPS) is 16.1. The summed E-state index contributed by atoms with van der Waals surface area (Å²) in [6.45, 7) is 6.37. The zero-order valence-electron chi connectivity index (χ0n) is 15.2. The molecule has 0 atom stereocenters. The van der Waals surface area contributed by atoms with Crippen LogP contribution in [-0.2, 0) is 34.1 Å². The number of hydrogen-bond donors (Lipinski definition) is 1. The summed E-state index contributed by atoms with van der Waals surface area (Å²) < 4.78 is 24.5. The molecule has 7 heteroatoms. The van der Waals surface area contributed by atoms with Gasteiger partial charge in [0.2, 0.25) is 0 Å². The van der Waals surface area contributed by atoms with Crippen LogP contribution in [0.25, 0.3) is 0 Å². The van der Waals surface area contributed by atoms with Gasteiger partial charge in [-0.15, -0.1) is 11.3 Å². The van der Waals surface area contributed by atoms with Crippen LogP contribution in [0.1, 0.15) is 52.9 Å². The molecule has 1 aliphatic rings. The standard InChI is InChI=1S/C19H23NO4S2/c1-4-15-17(14-12-19(2,3)11-10-16(14)25-15)18(21)24-20-26(22,23)13-8-6-5-7-9-13/h5-9,20H,4,10-12H2,1-3H3. The van der Waals surface area contributed by atoms with E-state index in [0.717, 1.165) is 29.7 Å². The molecular weight excluding hydrogens is 370 g/mol. The molecule has 1 N–H and O–H groups in total. The van der Waals surface area contributed by atoms with Gasteiger partial charge >= 0.3 is 5.97 Å². The molecule has 0 amide bonds. The first-order valence-corrected chi connectivity index (χ1v) is 10.9. The Morgan fingerprint density at radius 3 is 2.62 bits per heavy atom. The highest BCUT2D eigenvalue weighted by molar-refractivity contribution is 7.89. The van der Waals surface area contributed by atoms with Crippen molar-refractivity contribution in [3.8, 4) is 0 Å². The van der Waals surface area contributed by atoms with Crippen molar-refractivity contribution in [2.24, 2.45) is 5.41 Å². The molecule has 0 radical (unpaired) electrons. The predicted octanol–water partition coefficient (Wildman–Crippen LogP) is 3.88. The monoisotopic (exact) mass is 393 g/mol. The van der Waals surface area contributed by atoms with Gasteiger partial charge in [-0.3, -0.25) is 0 Å². The van der Waals surface area contributed by atoms with Gasteiger partial charge in [-0.1, -0.05) is 39.0 Å². The first-order valence-electron chi connectivity index (χ1n) is 8.65. The van der Waals surface area contributed by atoms with E-state index in [0.29, 0.717) is 12.0 Å².